The largest absolute Gasteiger partial charge is 0.394 e. The van der Waals surface area contributed by atoms with Gasteiger partial charge in [-0.1, -0.05) is 42.1 Å². The summed E-state index contributed by atoms with van der Waals surface area (Å²) in [4.78, 5) is 31.0. The Morgan fingerprint density at radius 2 is 2.00 bits per heavy atom. The number of fused-ring (bicyclic) bond motifs is 1. The van der Waals surface area contributed by atoms with E-state index in [0.29, 0.717) is 22.9 Å². The van der Waals surface area contributed by atoms with Crippen LogP contribution in [0, 0.1) is 0 Å². The summed E-state index contributed by atoms with van der Waals surface area (Å²) >= 11 is 1.25. The Morgan fingerprint density at radius 3 is 2.70 bits per heavy atom. The van der Waals surface area contributed by atoms with Crippen molar-refractivity contribution >= 4 is 22.9 Å². The van der Waals surface area contributed by atoms with E-state index in [1.807, 2.05) is 18.2 Å². The number of aromatic nitrogens is 4. The molecule has 0 aliphatic rings. The maximum Gasteiger partial charge on any atom is 0.329 e. The number of benzene rings is 1. The first-order chi connectivity index (χ1) is 13.0. The van der Waals surface area contributed by atoms with Crippen LogP contribution in [0.4, 0.5) is 0 Å². The molecule has 144 valence electrons. The lowest BCUT2D eigenvalue weighted by molar-refractivity contribution is 0.113. The van der Waals surface area contributed by atoms with Crippen LogP contribution in [0.5, 0.6) is 0 Å². The molecule has 0 unspecified atom stereocenters. The third-order valence-electron chi connectivity index (χ3n) is 4.28. The number of H-pyrrole nitrogens is 1. The quantitative estimate of drug-likeness (QED) is 0.483. The fourth-order valence-electron chi connectivity index (χ4n) is 2.84. The number of aliphatic hydroxyl groups is 2. The molecule has 0 aliphatic carbocycles. The molecule has 3 N–H and O–H groups in total. The van der Waals surface area contributed by atoms with Crippen molar-refractivity contribution < 1.29 is 10.2 Å². The highest BCUT2D eigenvalue weighted by atomic mass is 32.2. The summed E-state index contributed by atoms with van der Waals surface area (Å²) < 4.78 is 3.09. The average Bonchev–Trinajstić information content (AvgIpc) is 3.04. The van der Waals surface area contributed by atoms with E-state index in [4.69, 9.17) is 5.11 Å². The maximum atomic E-state index is 12.4. The van der Waals surface area contributed by atoms with Crippen molar-refractivity contribution in [2.45, 2.75) is 30.6 Å². The average molecular weight is 390 g/mol. The molecule has 2 aromatic heterocycles. The molecule has 3 rings (SSSR count). The molecule has 0 saturated carbocycles. The monoisotopic (exact) mass is 390 g/mol. The van der Waals surface area contributed by atoms with Gasteiger partial charge in [0.2, 0.25) is 0 Å². The number of nitrogens with one attached hydrogen (secondary N) is 1. The van der Waals surface area contributed by atoms with Crippen molar-refractivity contribution in [2.24, 2.45) is 7.05 Å². The first-order valence-corrected chi connectivity index (χ1v) is 9.65. The predicted molar refractivity (Wildman–Crippen MR) is 104 cm³/mol. The highest BCUT2D eigenvalue weighted by Gasteiger charge is 2.18. The molecular formula is C18H22N4O4S. The Bertz CT molecular complexity index is 1030. The zero-order chi connectivity index (χ0) is 19.4. The smallest absolute Gasteiger partial charge is 0.329 e. The Hall–Kier alpha value is -2.36. The van der Waals surface area contributed by atoms with E-state index in [1.165, 1.54) is 21.9 Å². The number of rotatable bonds is 8. The van der Waals surface area contributed by atoms with Gasteiger partial charge in [-0.25, -0.2) is 9.78 Å². The van der Waals surface area contributed by atoms with Gasteiger partial charge >= 0.3 is 5.69 Å². The minimum absolute atomic E-state index is 0.240. The molecular weight excluding hydrogens is 368 g/mol. The minimum atomic E-state index is -0.880. The van der Waals surface area contributed by atoms with Gasteiger partial charge < -0.3 is 14.8 Å². The van der Waals surface area contributed by atoms with Crippen LogP contribution in [0.1, 0.15) is 12.0 Å². The lowest BCUT2D eigenvalue weighted by Gasteiger charge is -2.10. The molecule has 9 heteroatoms. The highest BCUT2D eigenvalue weighted by molar-refractivity contribution is 7.99. The second-order valence-electron chi connectivity index (χ2n) is 6.27. The normalized spacial score (nSPS) is 12.6. The van der Waals surface area contributed by atoms with Crippen molar-refractivity contribution in [1.82, 2.24) is 19.1 Å². The van der Waals surface area contributed by atoms with Crippen LogP contribution in [0.3, 0.4) is 0 Å². The van der Waals surface area contributed by atoms with E-state index in [9.17, 15) is 14.7 Å². The van der Waals surface area contributed by atoms with Crippen LogP contribution in [0.15, 0.2) is 45.1 Å². The molecule has 0 fully saturated rings. The summed E-state index contributed by atoms with van der Waals surface area (Å²) in [6.45, 7) is 0.199. The van der Waals surface area contributed by atoms with Gasteiger partial charge in [0.05, 0.1) is 12.7 Å². The third kappa shape index (κ3) is 4.32. The molecule has 0 bridgehead atoms. The molecule has 2 heterocycles. The Balaban J connectivity index is 1.93. The number of nitrogens with zero attached hydrogens (tertiary/aromatic N) is 3. The molecule has 0 saturated heterocycles. The van der Waals surface area contributed by atoms with Gasteiger partial charge in [0.1, 0.15) is 0 Å². The molecule has 0 aliphatic heterocycles. The second kappa shape index (κ2) is 8.55. The Morgan fingerprint density at radius 1 is 1.26 bits per heavy atom. The van der Waals surface area contributed by atoms with Crippen molar-refractivity contribution in [3.05, 3.63) is 56.7 Å². The number of aliphatic hydroxyl groups excluding tert-OH is 2. The predicted octanol–water partition coefficient (Wildman–Crippen LogP) is 0.501. The van der Waals surface area contributed by atoms with Gasteiger partial charge in [-0.15, -0.1) is 0 Å². The lowest BCUT2D eigenvalue weighted by atomic mass is 10.1. The Kier molecular flexibility index (Phi) is 6.15. The maximum absolute atomic E-state index is 12.4. The number of imidazole rings is 1. The van der Waals surface area contributed by atoms with Gasteiger partial charge in [-0.3, -0.25) is 14.3 Å². The van der Waals surface area contributed by atoms with Gasteiger partial charge in [0, 0.05) is 19.3 Å². The van der Waals surface area contributed by atoms with Crippen LogP contribution in [-0.2, 0) is 20.0 Å². The summed E-state index contributed by atoms with van der Waals surface area (Å²) in [7, 11) is 1.55. The highest BCUT2D eigenvalue weighted by Crippen LogP contribution is 2.23. The molecule has 0 spiro atoms. The zero-order valence-corrected chi connectivity index (χ0v) is 15.8. The van der Waals surface area contributed by atoms with E-state index in [2.05, 4.69) is 22.1 Å². The summed E-state index contributed by atoms with van der Waals surface area (Å²) in [6.07, 6.45) is 0.746. The number of thioether (sulfide) groups is 1. The van der Waals surface area contributed by atoms with Crippen molar-refractivity contribution in [1.29, 1.82) is 0 Å². The van der Waals surface area contributed by atoms with E-state index in [0.717, 1.165) is 12.8 Å². The summed E-state index contributed by atoms with van der Waals surface area (Å²) in [5.41, 5.74) is 0.854. The Labute approximate surface area is 159 Å². The molecule has 1 atom stereocenters. The first-order valence-electron chi connectivity index (χ1n) is 8.66. The van der Waals surface area contributed by atoms with Gasteiger partial charge in [0.15, 0.2) is 16.3 Å². The van der Waals surface area contributed by atoms with E-state index in [1.54, 1.807) is 11.6 Å². The fraction of sp³-hybridized carbons (Fsp3) is 0.389. The van der Waals surface area contributed by atoms with Gasteiger partial charge in [-0.05, 0) is 18.4 Å². The van der Waals surface area contributed by atoms with Crippen LogP contribution >= 0.6 is 11.8 Å². The molecule has 1 aromatic carbocycles. The van der Waals surface area contributed by atoms with Gasteiger partial charge in [0.25, 0.3) is 5.56 Å². The van der Waals surface area contributed by atoms with Crippen molar-refractivity contribution in [3.63, 3.8) is 0 Å². The zero-order valence-electron chi connectivity index (χ0n) is 15.0. The van der Waals surface area contributed by atoms with Crippen LogP contribution in [0.25, 0.3) is 11.2 Å². The molecule has 27 heavy (non-hydrogen) atoms. The SMILES string of the molecule is Cn1c(=O)[nH]c(=O)c2c1nc(SC[C@@H](O)CO)n2CCCc1ccccc1. The molecule has 8 nitrogen and oxygen atoms in total. The standard InChI is InChI=1S/C18H22N4O4S/c1-21-15-14(16(25)20-17(21)26)22(18(19-15)27-11-13(24)10-23)9-5-8-12-6-3-2-4-7-12/h2-4,6-7,13,23-24H,5,8-11H2,1H3,(H,20,25,26)/t13-/m0/s1. The number of aryl methyl sites for hydroxylation is 3. The van der Waals surface area contributed by atoms with Crippen molar-refractivity contribution in [2.75, 3.05) is 12.4 Å². The summed E-state index contributed by atoms with van der Waals surface area (Å²) in [6, 6.07) is 10.0. The van der Waals surface area contributed by atoms with E-state index < -0.39 is 17.4 Å². The lowest BCUT2D eigenvalue weighted by Crippen LogP contribution is -2.29. The van der Waals surface area contributed by atoms with Crippen LogP contribution in [0.2, 0.25) is 0 Å². The van der Waals surface area contributed by atoms with Gasteiger partial charge in [-0.2, -0.15) is 0 Å². The molecule has 0 radical (unpaired) electrons. The molecule has 0 amide bonds. The van der Waals surface area contributed by atoms with Crippen LogP contribution < -0.4 is 11.2 Å². The van der Waals surface area contributed by atoms with Crippen LogP contribution in [-0.4, -0.2) is 47.8 Å². The van der Waals surface area contributed by atoms with Crippen molar-refractivity contribution in [3.8, 4) is 0 Å². The summed E-state index contributed by atoms with van der Waals surface area (Å²) in [5.74, 6) is 0.240. The topological polar surface area (TPSA) is 113 Å². The second-order valence-corrected chi connectivity index (χ2v) is 7.26. The third-order valence-corrected chi connectivity index (χ3v) is 5.40. The minimum Gasteiger partial charge on any atom is -0.394 e. The number of hydrogen-bond donors (Lipinski definition) is 3. The van der Waals surface area contributed by atoms with E-state index in [-0.39, 0.29) is 12.4 Å². The molecule has 3 aromatic rings. The van der Waals surface area contributed by atoms with E-state index >= 15 is 0 Å². The first kappa shape index (κ1) is 19.4. The fourth-order valence-corrected chi connectivity index (χ4v) is 3.78. The summed E-state index contributed by atoms with van der Waals surface area (Å²) in [5, 5.41) is 19.2. The number of aromatic amines is 1. The number of hydrogen-bond acceptors (Lipinski definition) is 6.